The van der Waals surface area contributed by atoms with Crippen LogP contribution in [0.2, 0.25) is 0 Å². The smallest absolute Gasteiger partial charge is 0.123 e. The van der Waals surface area contributed by atoms with Crippen LogP contribution in [-0.2, 0) is 0 Å². The zero-order chi connectivity index (χ0) is 13.2. The molecule has 19 heavy (non-hydrogen) atoms. The molecule has 1 saturated carbocycles. The Bertz CT molecular complexity index is 566. The van der Waals surface area contributed by atoms with Crippen molar-refractivity contribution < 1.29 is 4.39 Å². The van der Waals surface area contributed by atoms with Crippen LogP contribution < -0.4 is 5.73 Å². The number of hydrogen-bond acceptors (Lipinski definition) is 3. The van der Waals surface area contributed by atoms with Gasteiger partial charge < -0.3 is 5.73 Å². The number of halogens is 1. The Morgan fingerprint density at radius 2 is 2.21 bits per heavy atom. The van der Waals surface area contributed by atoms with Crippen LogP contribution in [0.15, 0.2) is 30.5 Å². The maximum atomic E-state index is 13.2. The number of benzene rings is 1. The quantitative estimate of drug-likeness (QED) is 0.902. The van der Waals surface area contributed by atoms with E-state index in [1.807, 2.05) is 16.9 Å². The maximum absolute atomic E-state index is 13.2. The Labute approximate surface area is 111 Å². The van der Waals surface area contributed by atoms with Gasteiger partial charge in [0.05, 0.1) is 12.2 Å². The number of nitrogens with two attached hydrogens (primary N) is 1. The Morgan fingerprint density at radius 3 is 3.00 bits per heavy atom. The molecule has 0 bridgehead atoms. The highest BCUT2D eigenvalue weighted by Crippen LogP contribution is 2.28. The molecule has 1 fully saturated rings. The number of rotatable bonds is 2. The van der Waals surface area contributed by atoms with Gasteiger partial charge in [-0.1, -0.05) is 17.3 Å². The molecular formula is C14H17FN4. The molecule has 0 aliphatic heterocycles. The van der Waals surface area contributed by atoms with Crippen LogP contribution in [0.4, 0.5) is 4.39 Å². The predicted molar refractivity (Wildman–Crippen MR) is 70.9 cm³/mol. The lowest BCUT2D eigenvalue weighted by atomic mass is 9.92. The summed E-state index contributed by atoms with van der Waals surface area (Å²) in [6, 6.07) is 6.98. The molecule has 5 heteroatoms. The molecule has 1 aliphatic carbocycles. The first-order chi connectivity index (χ1) is 9.22. The van der Waals surface area contributed by atoms with Crippen molar-refractivity contribution in [2.45, 2.75) is 37.8 Å². The molecular weight excluding hydrogens is 243 g/mol. The monoisotopic (exact) mass is 260 g/mol. The summed E-state index contributed by atoms with van der Waals surface area (Å²) in [6.45, 7) is 0. The van der Waals surface area contributed by atoms with Gasteiger partial charge in [-0.05, 0) is 37.8 Å². The Balaban J connectivity index is 1.83. The summed E-state index contributed by atoms with van der Waals surface area (Å²) in [5.74, 6) is -0.258. The fraction of sp³-hybridized carbons (Fsp3) is 0.429. The SMILES string of the molecule is NC1CCCC(n2cc(-c3cccc(F)c3)nn2)C1. The summed E-state index contributed by atoms with van der Waals surface area (Å²) in [4.78, 5) is 0. The number of hydrogen-bond donors (Lipinski definition) is 1. The number of aromatic nitrogens is 3. The van der Waals surface area contributed by atoms with E-state index >= 15 is 0 Å². The molecule has 4 nitrogen and oxygen atoms in total. The summed E-state index contributed by atoms with van der Waals surface area (Å²) >= 11 is 0. The summed E-state index contributed by atoms with van der Waals surface area (Å²) in [6.07, 6.45) is 6.12. The van der Waals surface area contributed by atoms with Crippen molar-refractivity contribution in [2.24, 2.45) is 5.73 Å². The van der Waals surface area contributed by atoms with Gasteiger partial charge in [-0.15, -0.1) is 5.10 Å². The first-order valence-corrected chi connectivity index (χ1v) is 6.66. The molecule has 0 radical (unpaired) electrons. The lowest BCUT2D eigenvalue weighted by Crippen LogP contribution is -2.29. The molecule has 100 valence electrons. The molecule has 2 atom stereocenters. The van der Waals surface area contributed by atoms with Crippen molar-refractivity contribution in [2.75, 3.05) is 0 Å². The zero-order valence-electron chi connectivity index (χ0n) is 10.7. The first kappa shape index (κ1) is 12.3. The van der Waals surface area contributed by atoms with E-state index in [1.54, 1.807) is 6.07 Å². The highest BCUT2D eigenvalue weighted by atomic mass is 19.1. The number of nitrogens with zero attached hydrogens (tertiary/aromatic N) is 3. The van der Waals surface area contributed by atoms with Crippen molar-refractivity contribution >= 4 is 0 Å². The van der Waals surface area contributed by atoms with Crippen LogP contribution in [0.3, 0.4) is 0 Å². The minimum atomic E-state index is -0.258. The van der Waals surface area contributed by atoms with E-state index in [0.717, 1.165) is 31.2 Å². The molecule has 1 aliphatic rings. The van der Waals surface area contributed by atoms with Crippen molar-refractivity contribution in [3.63, 3.8) is 0 Å². The topological polar surface area (TPSA) is 56.7 Å². The summed E-state index contributed by atoms with van der Waals surface area (Å²) in [7, 11) is 0. The van der Waals surface area contributed by atoms with E-state index in [4.69, 9.17) is 5.73 Å². The van der Waals surface area contributed by atoms with Crippen LogP contribution in [0.5, 0.6) is 0 Å². The van der Waals surface area contributed by atoms with E-state index in [0.29, 0.717) is 11.7 Å². The standard InChI is InChI=1S/C14H17FN4/c15-11-4-1-3-10(7-11)14-9-19(18-17-14)13-6-2-5-12(16)8-13/h1,3-4,7,9,12-13H,2,5-6,8,16H2. The molecule has 3 rings (SSSR count). The van der Waals surface area contributed by atoms with Gasteiger partial charge in [0.2, 0.25) is 0 Å². The average Bonchev–Trinajstić information content (AvgIpc) is 2.88. The maximum Gasteiger partial charge on any atom is 0.123 e. The molecule has 1 aromatic carbocycles. The lowest BCUT2D eigenvalue weighted by Gasteiger charge is -2.26. The summed E-state index contributed by atoms with van der Waals surface area (Å²) in [5.41, 5.74) is 7.45. The van der Waals surface area contributed by atoms with Crippen LogP contribution in [0.25, 0.3) is 11.3 Å². The minimum absolute atomic E-state index is 0.251. The van der Waals surface area contributed by atoms with Crippen LogP contribution in [0.1, 0.15) is 31.7 Å². The molecule has 2 N–H and O–H groups in total. The Morgan fingerprint density at radius 1 is 1.32 bits per heavy atom. The van der Waals surface area contributed by atoms with E-state index in [9.17, 15) is 4.39 Å². The third kappa shape index (κ3) is 2.66. The summed E-state index contributed by atoms with van der Waals surface area (Å²) in [5, 5.41) is 8.30. The average molecular weight is 260 g/mol. The Kier molecular flexibility index (Phi) is 3.29. The van der Waals surface area contributed by atoms with Gasteiger partial charge in [-0.25, -0.2) is 9.07 Å². The second kappa shape index (κ2) is 5.09. The second-order valence-electron chi connectivity index (χ2n) is 5.17. The fourth-order valence-corrected chi connectivity index (χ4v) is 2.68. The molecule has 1 aromatic heterocycles. The molecule has 2 unspecified atom stereocenters. The van der Waals surface area contributed by atoms with Crippen molar-refractivity contribution in [1.29, 1.82) is 0 Å². The molecule has 0 spiro atoms. The van der Waals surface area contributed by atoms with Crippen molar-refractivity contribution in [3.8, 4) is 11.3 Å². The Hall–Kier alpha value is -1.75. The predicted octanol–water partition coefficient (Wildman–Crippen LogP) is 2.53. The zero-order valence-corrected chi connectivity index (χ0v) is 10.7. The second-order valence-corrected chi connectivity index (χ2v) is 5.17. The van der Waals surface area contributed by atoms with Gasteiger partial charge >= 0.3 is 0 Å². The molecule has 0 saturated heterocycles. The normalized spacial score (nSPS) is 23.5. The molecule has 1 heterocycles. The van der Waals surface area contributed by atoms with Gasteiger partial charge in [-0.2, -0.15) is 0 Å². The van der Waals surface area contributed by atoms with E-state index in [-0.39, 0.29) is 11.9 Å². The third-order valence-electron chi connectivity index (χ3n) is 3.69. The van der Waals surface area contributed by atoms with Gasteiger partial charge in [0, 0.05) is 11.6 Å². The highest BCUT2D eigenvalue weighted by molar-refractivity contribution is 5.57. The van der Waals surface area contributed by atoms with E-state index in [2.05, 4.69) is 10.3 Å². The highest BCUT2D eigenvalue weighted by Gasteiger charge is 2.21. The third-order valence-corrected chi connectivity index (χ3v) is 3.69. The molecule has 0 amide bonds. The minimum Gasteiger partial charge on any atom is -0.328 e. The lowest BCUT2D eigenvalue weighted by molar-refractivity contribution is 0.296. The van der Waals surface area contributed by atoms with Crippen LogP contribution >= 0.6 is 0 Å². The largest absolute Gasteiger partial charge is 0.328 e. The summed E-state index contributed by atoms with van der Waals surface area (Å²) < 4.78 is 15.1. The van der Waals surface area contributed by atoms with Crippen molar-refractivity contribution in [1.82, 2.24) is 15.0 Å². The first-order valence-electron chi connectivity index (χ1n) is 6.66. The van der Waals surface area contributed by atoms with Gasteiger partial charge in [0.1, 0.15) is 11.5 Å². The fourth-order valence-electron chi connectivity index (χ4n) is 2.68. The van der Waals surface area contributed by atoms with Crippen LogP contribution in [0, 0.1) is 5.82 Å². The van der Waals surface area contributed by atoms with E-state index in [1.165, 1.54) is 12.1 Å². The van der Waals surface area contributed by atoms with Gasteiger partial charge in [-0.3, -0.25) is 0 Å². The van der Waals surface area contributed by atoms with Crippen molar-refractivity contribution in [3.05, 3.63) is 36.3 Å². The van der Waals surface area contributed by atoms with Crippen LogP contribution in [-0.4, -0.2) is 21.0 Å². The van der Waals surface area contributed by atoms with Gasteiger partial charge in [0.25, 0.3) is 0 Å². The van der Waals surface area contributed by atoms with E-state index < -0.39 is 0 Å². The van der Waals surface area contributed by atoms with Gasteiger partial charge in [0.15, 0.2) is 0 Å². The molecule has 2 aromatic rings.